The SMILES string of the molecule is CC12C[NH+]3CC[NH+](CC(C3)C1=NNC(=O)c1cc3ccccc3cc1O)C2. The highest BCUT2D eigenvalue weighted by Gasteiger charge is 2.55. The van der Waals surface area contributed by atoms with Gasteiger partial charge in [-0.05, 0) is 29.8 Å². The molecule has 4 N–H and O–H groups in total. The first-order valence-corrected chi connectivity index (χ1v) is 9.79. The van der Waals surface area contributed by atoms with Gasteiger partial charge in [0.15, 0.2) is 0 Å². The van der Waals surface area contributed by atoms with Crippen LogP contribution in [0.25, 0.3) is 10.8 Å². The fourth-order valence-corrected chi connectivity index (χ4v) is 5.49. The number of phenolic OH excluding ortho intramolecular Hbond substituents is 1. The van der Waals surface area contributed by atoms with Crippen molar-refractivity contribution in [3.05, 3.63) is 42.0 Å². The Morgan fingerprint density at radius 3 is 2.41 bits per heavy atom. The first-order valence-electron chi connectivity index (χ1n) is 9.79. The van der Waals surface area contributed by atoms with Crippen molar-refractivity contribution >= 4 is 22.4 Å². The number of hydrogen-bond acceptors (Lipinski definition) is 3. The Morgan fingerprint density at radius 1 is 1.15 bits per heavy atom. The van der Waals surface area contributed by atoms with Gasteiger partial charge < -0.3 is 14.9 Å². The van der Waals surface area contributed by atoms with Gasteiger partial charge in [0.25, 0.3) is 5.91 Å². The molecular formula is C21H26N4O2+2. The van der Waals surface area contributed by atoms with Crippen LogP contribution in [0.1, 0.15) is 17.3 Å². The molecule has 0 spiro atoms. The number of amides is 1. The van der Waals surface area contributed by atoms with Gasteiger partial charge in [-0.15, -0.1) is 0 Å². The lowest BCUT2D eigenvalue weighted by Gasteiger charge is -2.43. The number of benzene rings is 2. The summed E-state index contributed by atoms with van der Waals surface area (Å²) >= 11 is 0. The smallest absolute Gasteiger partial charge is 0.275 e. The van der Waals surface area contributed by atoms with Gasteiger partial charge in [-0.1, -0.05) is 24.3 Å². The van der Waals surface area contributed by atoms with Gasteiger partial charge >= 0.3 is 0 Å². The van der Waals surface area contributed by atoms with Gasteiger partial charge in [0.2, 0.25) is 0 Å². The van der Waals surface area contributed by atoms with Crippen LogP contribution in [0.4, 0.5) is 0 Å². The molecule has 1 amide bonds. The van der Waals surface area contributed by atoms with Crippen molar-refractivity contribution in [2.45, 2.75) is 6.92 Å². The quantitative estimate of drug-likeness (QED) is 0.519. The second-order valence-electron chi connectivity index (χ2n) is 8.67. The monoisotopic (exact) mass is 366 g/mol. The van der Waals surface area contributed by atoms with E-state index in [0.29, 0.717) is 5.92 Å². The molecule has 4 aliphatic heterocycles. The highest BCUT2D eigenvalue weighted by molar-refractivity contribution is 6.02. The zero-order valence-electron chi connectivity index (χ0n) is 15.6. The third-order valence-corrected chi connectivity index (χ3v) is 6.57. The maximum absolute atomic E-state index is 12.7. The Kier molecular flexibility index (Phi) is 3.74. The lowest BCUT2D eigenvalue weighted by molar-refractivity contribution is -0.918. The highest BCUT2D eigenvalue weighted by Crippen LogP contribution is 2.27. The molecule has 0 saturated carbocycles. The van der Waals surface area contributed by atoms with Crippen molar-refractivity contribution in [2.75, 3.05) is 39.3 Å². The molecule has 2 atom stereocenters. The van der Waals surface area contributed by atoms with E-state index < -0.39 is 0 Å². The van der Waals surface area contributed by atoms with Crippen molar-refractivity contribution in [1.82, 2.24) is 5.43 Å². The van der Waals surface area contributed by atoms with E-state index >= 15 is 0 Å². The Bertz CT molecular complexity index is 938. The summed E-state index contributed by atoms with van der Waals surface area (Å²) in [6.45, 7) is 9.22. The molecule has 4 fully saturated rings. The molecule has 4 bridgehead atoms. The van der Waals surface area contributed by atoms with E-state index in [9.17, 15) is 9.90 Å². The largest absolute Gasteiger partial charge is 0.507 e. The van der Waals surface area contributed by atoms with Crippen LogP contribution in [0.3, 0.4) is 0 Å². The van der Waals surface area contributed by atoms with E-state index in [1.54, 1.807) is 21.9 Å². The van der Waals surface area contributed by atoms with E-state index in [-0.39, 0.29) is 22.6 Å². The summed E-state index contributed by atoms with van der Waals surface area (Å²) < 4.78 is 0. The van der Waals surface area contributed by atoms with Crippen LogP contribution in [0.5, 0.6) is 5.75 Å². The van der Waals surface area contributed by atoms with E-state index in [1.807, 2.05) is 24.3 Å². The number of nitrogens with zero attached hydrogens (tertiary/aromatic N) is 1. The summed E-state index contributed by atoms with van der Waals surface area (Å²) in [4.78, 5) is 16.1. The Morgan fingerprint density at radius 2 is 1.78 bits per heavy atom. The predicted octanol–water partition coefficient (Wildman–Crippen LogP) is -0.936. The molecular weight excluding hydrogens is 340 g/mol. The van der Waals surface area contributed by atoms with Crippen molar-refractivity contribution < 1.29 is 19.7 Å². The molecule has 6 nitrogen and oxygen atoms in total. The Labute approximate surface area is 158 Å². The van der Waals surface area contributed by atoms with Gasteiger partial charge in [0, 0.05) is 0 Å². The topological polar surface area (TPSA) is 70.6 Å². The molecule has 6 heteroatoms. The summed E-state index contributed by atoms with van der Waals surface area (Å²) in [6.07, 6.45) is 0. The summed E-state index contributed by atoms with van der Waals surface area (Å²) in [5, 5.41) is 16.7. The second-order valence-corrected chi connectivity index (χ2v) is 8.67. The zero-order valence-corrected chi connectivity index (χ0v) is 15.6. The van der Waals surface area contributed by atoms with E-state index in [0.717, 1.165) is 42.7 Å². The van der Waals surface area contributed by atoms with E-state index in [2.05, 4.69) is 17.5 Å². The molecule has 27 heavy (non-hydrogen) atoms. The summed E-state index contributed by atoms with van der Waals surface area (Å²) in [6, 6.07) is 11.1. The van der Waals surface area contributed by atoms with Crippen LogP contribution >= 0.6 is 0 Å². The fraction of sp³-hybridized carbons (Fsp3) is 0.429. The van der Waals surface area contributed by atoms with Crippen LogP contribution in [0.15, 0.2) is 41.5 Å². The van der Waals surface area contributed by atoms with Crippen molar-refractivity contribution in [3.8, 4) is 5.75 Å². The number of aromatic hydroxyl groups is 1. The number of fused-ring (bicyclic) bond motifs is 2. The minimum atomic E-state index is -0.346. The van der Waals surface area contributed by atoms with Crippen LogP contribution in [0.2, 0.25) is 0 Å². The Balaban J connectivity index is 1.42. The third kappa shape index (κ3) is 2.80. The molecule has 6 rings (SSSR count). The number of rotatable bonds is 2. The average Bonchev–Trinajstić information content (AvgIpc) is 2.87. The minimum absolute atomic E-state index is 0.00870. The lowest BCUT2D eigenvalue weighted by atomic mass is 9.72. The maximum atomic E-state index is 12.7. The third-order valence-electron chi connectivity index (χ3n) is 6.57. The normalized spacial score (nSPS) is 33.4. The van der Waals surface area contributed by atoms with Crippen molar-refractivity contribution in [3.63, 3.8) is 0 Å². The highest BCUT2D eigenvalue weighted by atomic mass is 16.3. The number of piperidine rings is 2. The summed E-state index contributed by atoms with van der Waals surface area (Å²) in [7, 11) is 0. The first kappa shape index (κ1) is 16.7. The van der Waals surface area contributed by atoms with Crippen LogP contribution < -0.4 is 15.2 Å². The lowest BCUT2D eigenvalue weighted by Crippen LogP contribution is -3.16. The number of carbonyl (C=O) groups is 1. The minimum Gasteiger partial charge on any atom is -0.507 e. The number of carbonyl (C=O) groups excluding carboxylic acids is 1. The van der Waals surface area contributed by atoms with Gasteiger partial charge in [-0.2, -0.15) is 5.10 Å². The molecule has 0 radical (unpaired) electrons. The van der Waals surface area contributed by atoms with Gasteiger partial charge in [-0.3, -0.25) is 4.79 Å². The second kappa shape index (κ2) is 6.04. The van der Waals surface area contributed by atoms with E-state index in [4.69, 9.17) is 0 Å². The molecule has 4 aliphatic rings. The molecule has 0 aliphatic carbocycles. The van der Waals surface area contributed by atoms with E-state index in [1.165, 1.54) is 13.1 Å². The Hall–Kier alpha value is -2.44. The molecule has 4 heterocycles. The predicted molar refractivity (Wildman–Crippen MR) is 103 cm³/mol. The number of hydrogen-bond donors (Lipinski definition) is 4. The summed E-state index contributed by atoms with van der Waals surface area (Å²) in [5.41, 5.74) is 4.22. The van der Waals surface area contributed by atoms with Gasteiger partial charge in [0.1, 0.15) is 24.3 Å². The number of quaternary nitrogens is 2. The number of phenols is 1. The molecule has 140 valence electrons. The van der Waals surface area contributed by atoms with Crippen molar-refractivity contribution in [1.29, 1.82) is 0 Å². The van der Waals surface area contributed by atoms with Crippen LogP contribution in [-0.4, -0.2) is 56.0 Å². The van der Waals surface area contributed by atoms with Gasteiger partial charge in [0.05, 0.1) is 43.4 Å². The zero-order chi connectivity index (χ0) is 18.6. The fourth-order valence-electron chi connectivity index (χ4n) is 5.49. The molecule has 2 unspecified atom stereocenters. The average molecular weight is 366 g/mol. The molecule has 2 aromatic carbocycles. The van der Waals surface area contributed by atoms with Gasteiger partial charge in [-0.25, -0.2) is 5.43 Å². The maximum Gasteiger partial charge on any atom is 0.275 e. The van der Waals surface area contributed by atoms with Crippen LogP contribution in [0, 0.1) is 11.3 Å². The molecule has 0 aromatic heterocycles. The molecule has 2 aromatic rings. The number of nitrogens with one attached hydrogen (secondary N) is 3. The standard InChI is InChI=1S/C21H24N4O2/c1-21-12-24-6-7-25(13-21)11-16(10-24)19(21)22-23-20(27)17-8-14-4-2-3-5-15(14)9-18(17)26/h2-5,8-9,16,26H,6-7,10-13H2,1H3,(H,23,27)/p+2. The van der Waals surface area contributed by atoms with Crippen LogP contribution in [-0.2, 0) is 0 Å². The first-order chi connectivity index (χ1) is 13.0. The summed E-state index contributed by atoms with van der Waals surface area (Å²) in [5.74, 6) is 0.0855. The van der Waals surface area contributed by atoms with Crippen molar-refractivity contribution in [2.24, 2.45) is 16.4 Å². The molecule has 4 saturated heterocycles. The number of hydrazone groups is 1.